The quantitative estimate of drug-likeness (QED) is 0.713. The minimum absolute atomic E-state index is 0.00162. The standard InChI is InChI=1S/C16H21ClN2O2S/c1-16(10-18,12-4-5-12)19-15(21)9-22-8-14(20)11-2-6-13(17)7-3-11/h2-3,6-7,12H,4-5,8-10,18H2,1H3,(H,19,21). The number of nitrogens with two attached hydrogens (primary N) is 1. The molecule has 1 aromatic carbocycles. The molecule has 2 rings (SSSR count). The molecule has 1 atom stereocenters. The summed E-state index contributed by atoms with van der Waals surface area (Å²) < 4.78 is 0. The van der Waals surface area contributed by atoms with Crippen LogP contribution in [0.4, 0.5) is 0 Å². The Morgan fingerprint density at radius 3 is 2.50 bits per heavy atom. The summed E-state index contributed by atoms with van der Waals surface area (Å²) in [5.74, 6) is 0.966. The minimum atomic E-state index is -0.308. The average molecular weight is 341 g/mol. The molecule has 1 aliphatic rings. The number of hydrogen-bond donors (Lipinski definition) is 2. The number of rotatable bonds is 8. The highest BCUT2D eigenvalue weighted by Gasteiger charge is 2.41. The van der Waals surface area contributed by atoms with Gasteiger partial charge in [0, 0.05) is 17.1 Å². The zero-order valence-corrected chi connectivity index (χ0v) is 14.2. The Morgan fingerprint density at radius 1 is 1.32 bits per heavy atom. The molecule has 0 aliphatic heterocycles. The van der Waals surface area contributed by atoms with E-state index in [-0.39, 0.29) is 28.7 Å². The third kappa shape index (κ3) is 4.73. The van der Waals surface area contributed by atoms with Crippen molar-refractivity contribution in [3.63, 3.8) is 0 Å². The summed E-state index contributed by atoms with van der Waals surface area (Å²) in [5.41, 5.74) is 6.08. The van der Waals surface area contributed by atoms with Crippen molar-refractivity contribution in [2.75, 3.05) is 18.1 Å². The topological polar surface area (TPSA) is 72.2 Å². The lowest BCUT2D eigenvalue weighted by Gasteiger charge is -2.29. The van der Waals surface area contributed by atoms with E-state index >= 15 is 0 Å². The summed E-state index contributed by atoms with van der Waals surface area (Å²) in [6, 6.07) is 6.77. The number of carbonyl (C=O) groups is 2. The fourth-order valence-corrected chi connectivity index (χ4v) is 3.19. The maximum atomic E-state index is 12.0. The second-order valence-electron chi connectivity index (χ2n) is 5.87. The van der Waals surface area contributed by atoms with Crippen LogP contribution < -0.4 is 11.1 Å². The number of carbonyl (C=O) groups excluding carboxylic acids is 2. The molecule has 1 aromatic rings. The van der Waals surface area contributed by atoms with Crippen LogP contribution >= 0.6 is 23.4 Å². The van der Waals surface area contributed by atoms with Crippen molar-refractivity contribution in [1.82, 2.24) is 5.32 Å². The molecule has 0 bridgehead atoms. The van der Waals surface area contributed by atoms with Gasteiger partial charge in [0.2, 0.25) is 5.91 Å². The molecular formula is C16H21ClN2O2S. The number of benzene rings is 1. The Morgan fingerprint density at radius 2 is 1.95 bits per heavy atom. The summed E-state index contributed by atoms with van der Waals surface area (Å²) in [5, 5.41) is 3.61. The number of thioether (sulfide) groups is 1. The van der Waals surface area contributed by atoms with E-state index in [0.717, 1.165) is 12.8 Å². The first kappa shape index (κ1) is 17.3. The van der Waals surface area contributed by atoms with Crippen LogP contribution in [0.5, 0.6) is 0 Å². The first-order chi connectivity index (χ1) is 10.4. The van der Waals surface area contributed by atoms with Crippen molar-refractivity contribution in [1.29, 1.82) is 0 Å². The van der Waals surface area contributed by atoms with E-state index in [1.807, 2.05) is 6.92 Å². The molecule has 4 nitrogen and oxygen atoms in total. The van der Waals surface area contributed by atoms with Gasteiger partial charge in [-0.2, -0.15) is 0 Å². The van der Waals surface area contributed by atoms with Gasteiger partial charge in [-0.3, -0.25) is 9.59 Å². The van der Waals surface area contributed by atoms with Crippen LogP contribution in [0.2, 0.25) is 5.02 Å². The van der Waals surface area contributed by atoms with Crippen LogP contribution in [0.25, 0.3) is 0 Å². The summed E-state index contributed by atoms with van der Waals surface area (Å²) >= 11 is 7.10. The molecule has 1 aliphatic carbocycles. The van der Waals surface area contributed by atoms with Gasteiger partial charge in [-0.15, -0.1) is 11.8 Å². The zero-order chi connectivity index (χ0) is 16.2. The number of halogens is 1. The largest absolute Gasteiger partial charge is 0.349 e. The van der Waals surface area contributed by atoms with Gasteiger partial charge >= 0.3 is 0 Å². The van der Waals surface area contributed by atoms with Crippen molar-refractivity contribution in [2.45, 2.75) is 25.3 Å². The number of hydrogen-bond acceptors (Lipinski definition) is 4. The van der Waals surface area contributed by atoms with Gasteiger partial charge in [0.05, 0.1) is 17.0 Å². The summed E-state index contributed by atoms with van der Waals surface area (Å²) in [4.78, 5) is 24.0. The molecule has 0 aromatic heterocycles. The van der Waals surface area contributed by atoms with Crippen molar-refractivity contribution in [3.05, 3.63) is 34.9 Å². The van der Waals surface area contributed by atoms with E-state index in [1.54, 1.807) is 24.3 Å². The molecule has 6 heteroatoms. The van der Waals surface area contributed by atoms with Gasteiger partial charge in [0.25, 0.3) is 0 Å². The molecule has 0 radical (unpaired) electrons. The van der Waals surface area contributed by atoms with Gasteiger partial charge in [-0.25, -0.2) is 0 Å². The van der Waals surface area contributed by atoms with Crippen LogP contribution in [-0.2, 0) is 4.79 Å². The Kier molecular flexibility index (Phi) is 5.89. The van der Waals surface area contributed by atoms with Crippen LogP contribution in [0.3, 0.4) is 0 Å². The Balaban J connectivity index is 1.74. The molecule has 0 spiro atoms. The maximum Gasteiger partial charge on any atom is 0.230 e. The Hall–Kier alpha value is -1.04. The lowest BCUT2D eigenvalue weighted by molar-refractivity contribution is -0.120. The SMILES string of the molecule is CC(CN)(NC(=O)CSCC(=O)c1ccc(Cl)cc1)C1CC1. The van der Waals surface area contributed by atoms with Gasteiger partial charge in [0.15, 0.2) is 5.78 Å². The van der Waals surface area contributed by atoms with E-state index in [4.69, 9.17) is 17.3 Å². The van der Waals surface area contributed by atoms with E-state index < -0.39 is 0 Å². The van der Waals surface area contributed by atoms with Gasteiger partial charge in [0.1, 0.15) is 0 Å². The lowest BCUT2D eigenvalue weighted by Crippen LogP contribution is -2.53. The van der Waals surface area contributed by atoms with Gasteiger partial charge in [-0.1, -0.05) is 11.6 Å². The summed E-state index contributed by atoms with van der Waals surface area (Å²) in [7, 11) is 0. The van der Waals surface area contributed by atoms with E-state index in [1.165, 1.54) is 11.8 Å². The van der Waals surface area contributed by atoms with Gasteiger partial charge in [-0.05, 0) is 49.9 Å². The highest BCUT2D eigenvalue weighted by atomic mass is 35.5. The Labute approximate surface area is 140 Å². The average Bonchev–Trinajstić information content (AvgIpc) is 3.32. The monoisotopic (exact) mass is 340 g/mol. The molecule has 3 N–H and O–H groups in total. The predicted octanol–water partition coefficient (Wildman–Crippen LogP) is 2.50. The Bertz CT molecular complexity index is 546. The molecule has 0 saturated heterocycles. The second kappa shape index (κ2) is 7.49. The van der Waals surface area contributed by atoms with E-state index in [2.05, 4.69) is 5.32 Å². The van der Waals surface area contributed by atoms with Crippen LogP contribution in [0.15, 0.2) is 24.3 Å². The zero-order valence-electron chi connectivity index (χ0n) is 12.6. The molecule has 120 valence electrons. The predicted molar refractivity (Wildman–Crippen MR) is 91.4 cm³/mol. The van der Waals surface area contributed by atoms with Crippen LogP contribution in [-0.4, -0.2) is 35.3 Å². The molecule has 1 unspecified atom stereocenters. The molecule has 0 heterocycles. The van der Waals surface area contributed by atoms with Gasteiger partial charge < -0.3 is 11.1 Å². The van der Waals surface area contributed by atoms with Crippen molar-refractivity contribution < 1.29 is 9.59 Å². The third-order valence-electron chi connectivity index (χ3n) is 3.96. The highest BCUT2D eigenvalue weighted by molar-refractivity contribution is 8.00. The van der Waals surface area contributed by atoms with Crippen molar-refractivity contribution in [3.8, 4) is 0 Å². The molecule has 1 amide bonds. The number of ketones is 1. The highest BCUT2D eigenvalue weighted by Crippen LogP contribution is 2.38. The first-order valence-electron chi connectivity index (χ1n) is 7.32. The summed E-state index contributed by atoms with van der Waals surface area (Å²) in [6.45, 7) is 2.43. The minimum Gasteiger partial charge on any atom is -0.349 e. The van der Waals surface area contributed by atoms with E-state index in [9.17, 15) is 9.59 Å². The first-order valence-corrected chi connectivity index (χ1v) is 8.85. The van der Waals surface area contributed by atoms with E-state index in [0.29, 0.717) is 23.0 Å². The third-order valence-corrected chi connectivity index (χ3v) is 5.14. The number of amides is 1. The van der Waals surface area contributed by atoms with Crippen molar-refractivity contribution >= 4 is 35.1 Å². The molecule has 22 heavy (non-hydrogen) atoms. The second-order valence-corrected chi connectivity index (χ2v) is 7.29. The molecular weight excluding hydrogens is 320 g/mol. The lowest BCUT2D eigenvalue weighted by atomic mass is 9.96. The van der Waals surface area contributed by atoms with Crippen molar-refractivity contribution in [2.24, 2.45) is 11.7 Å². The summed E-state index contributed by atoms with van der Waals surface area (Å²) in [6.07, 6.45) is 2.24. The maximum absolute atomic E-state index is 12.0. The molecule has 1 saturated carbocycles. The normalized spacial score (nSPS) is 16.9. The number of Topliss-reactive ketones (excluding diaryl/α,β-unsaturated/α-hetero) is 1. The smallest absolute Gasteiger partial charge is 0.230 e. The fourth-order valence-electron chi connectivity index (χ4n) is 2.35. The fraction of sp³-hybridized carbons (Fsp3) is 0.500. The number of nitrogens with one attached hydrogen (secondary N) is 1. The molecule has 1 fully saturated rings. The van der Waals surface area contributed by atoms with Crippen LogP contribution in [0.1, 0.15) is 30.1 Å². The van der Waals surface area contributed by atoms with Crippen LogP contribution in [0, 0.1) is 5.92 Å².